The van der Waals surface area contributed by atoms with Crippen LogP contribution in [0.3, 0.4) is 0 Å². The quantitative estimate of drug-likeness (QED) is 0.449. The number of H-pyrrole nitrogens is 1. The van der Waals surface area contributed by atoms with E-state index in [9.17, 15) is 14.4 Å². The van der Waals surface area contributed by atoms with E-state index >= 15 is 0 Å². The third-order valence-electron chi connectivity index (χ3n) is 6.20. The lowest BCUT2D eigenvalue weighted by molar-refractivity contribution is -0.123. The minimum atomic E-state index is -0.272. The largest absolute Gasteiger partial charge is 0.352 e. The van der Waals surface area contributed by atoms with Gasteiger partial charge < -0.3 is 20.5 Å². The van der Waals surface area contributed by atoms with E-state index in [1.807, 2.05) is 36.6 Å². The first-order valence-corrected chi connectivity index (χ1v) is 12.4. The average Bonchev–Trinajstić information content (AvgIpc) is 3.50. The van der Waals surface area contributed by atoms with Crippen LogP contribution in [0.2, 0.25) is 0 Å². The van der Waals surface area contributed by atoms with Crippen LogP contribution >= 0.6 is 11.3 Å². The van der Waals surface area contributed by atoms with Gasteiger partial charge in [-0.15, -0.1) is 11.3 Å². The number of amides is 3. The number of anilines is 2. The van der Waals surface area contributed by atoms with E-state index in [0.717, 1.165) is 37.8 Å². The molecular weight excluding hydrogens is 436 g/mol. The second-order valence-electron chi connectivity index (χ2n) is 8.52. The first-order chi connectivity index (χ1) is 16.0. The molecule has 0 atom stereocenters. The molecule has 0 radical (unpaired) electrons. The Hall–Kier alpha value is -3.13. The standard InChI is InChI=1S/C25H30N4O3S/c1-3-13-26-24(31)21-18-12-11-17(29(2)25(32)16-8-5-4-6-9-16)15-19(18)27-22(21)28-23(30)20-10-7-14-33-20/h7,10-12,14-16,27H,3-6,8-9,13H2,1-2H3,(H,26,31)(H,28,30). The van der Waals surface area contributed by atoms with Gasteiger partial charge in [-0.25, -0.2) is 0 Å². The molecule has 1 saturated carbocycles. The molecular formula is C25H30N4O3S. The van der Waals surface area contributed by atoms with Crippen LogP contribution in [0.25, 0.3) is 10.9 Å². The number of aromatic amines is 1. The van der Waals surface area contributed by atoms with Crippen molar-refractivity contribution in [1.82, 2.24) is 10.3 Å². The summed E-state index contributed by atoms with van der Waals surface area (Å²) in [5.74, 6) is 0.0390. The van der Waals surface area contributed by atoms with Gasteiger partial charge in [0.15, 0.2) is 0 Å². The van der Waals surface area contributed by atoms with Crippen molar-refractivity contribution < 1.29 is 14.4 Å². The van der Waals surface area contributed by atoms with Crippen molar-refractivity contribution in [3.63, 3.8) is 0 Å². The fourth-order valence-corrected chi connectivity index (χ4v) is 5.00. The number of aromatic nitrogens is 1. The fourth-order valence-electron chi connectivity index (χ4n) is 4.38. The summed E-state index contributed by atoms with van der Waals surface area (Å²) in [5.41, 5.74) is 1.85. The fraction of sp³-hybridized carbons (Fsp3) is 0.400. The summed E-state index contributed by atoms with van der Waals surface area (Å²) < 4.78 is 0. The van der Waals surface area contributed by atoms with Gasteiger partial charge in [-0.05, 0) is 48.9 Å². The highest BCUT2D eigenvalue weighted by molar-refractivity contribution is 7.12. The Morgan fingerprint density at radius 3 is 2.61 bits per heavy atom. The number of fused-ring (bicyclic) bond motifs is 1. The molecule has 8 heteroatoms. The second-order valence-corrected chi connectivity index (χ2v) is 9.47. The second kappa shape index (κ2) is 10.2. The Morgan fingerprint density at radius 2 is 1.91 bits per heavy atom. The van der Waals surface area contributed by atoms with E-state index in [1.54, 1.807) is 18.0 Å². The molecule has 174 valence electrons. The van der Waals surface area contributed by atoms with Gasteiger partial charge in [-0.1, -0.05) is 32.3 Å². The van der Waals surface area contributed by atoms with Crippen molar-refractivity contribution in [2.45, 2.75) is 45.4 Å². The maximum absolute atomic E-state index is 13.0. The molecule has 7 nitrogen and oxygen atoms in total. The molecule has 0 spiro atoms. The number of hydrogen-bond donors (Lipinski definition) is 3. The normalized spacial score (nSPS) is 14.2. The number of rotatable bonds is 7. The zero-order valence-electron chi connectivity index (χ0n) is 19.1. The monoisotopic (exact) mass is 466 g/mol. The van der Waals surface area contributed by atoms with Gasteiger partial charge in [0, 0.05) is 36.1 Å². The zero-order chi connectivity index (χ0) is 23.4. The lowest BCUT2D eigenvalue weighted by Crippen LogP contribution is -2.33. The first kappa shape index (κ1) is 23.0. The van der Waals surface area contributed by atoms with Crippen LogP contribution in [0, 0.1) is 5.92 Å². The molecule has 3 aromatic rings. The summed E-state index contributed by atoms with van der Waals surface area (Å²) in [6, 6.07) is 9.12. The Labute approximate surface area is 197 Å². The van der Waals surface area contributed by atoms with Crippen LogP contribution in [0.1, 0.15) is 65.5 Å². The number of carbonyl (C=O) groups is 3. The molecule has 33 heavy (non-hydrogen) atoms. The molecule has 0 aliphatic heterocycles. The summed E-state index contributed by atoms with van der Waals surface area (Å²) in [7, 11) is 1.80. The van der Waals surface area contributed by atoms with Crippen LogP contribution in [-0.2, 0) is 4.79 Å². The van der Waals surface area contributed by atoms with E-state index in [4.69, 9.17) is 0 Å². The molecule has 0 saturated heterocycles. The molecule has 3 N–H and O–H groups in total. The Bertz CT molecular complexity index is 1150. The summed E-state index contributed by atoms with van der Waals surface area (Å²) in [6.07, 6.45) is 6.09. The number of carbonyl (C=O) groups excluding carboxylic acids is 3. The molecule has 1 aromatic carbocycles. The number of nitrogens with one attached hydrogen (secondary N) is 3. The predicted octanol–water partition coefficient (Wildman–Crippen LogP) is 5.16. The summed E-state index contributed by atoms with van der Waals surface area (Å²) in [6.45, 7) is 2.53. The third kappa shape index (κ3) is 4.95. The molecule has 1 fully saturated rings. The van der Waals surface area contributed by atoms with Gasteiger partial charge in [0.05, 0.1) is 10.4 Å². The van der Waals surface area contributed by atoms with Crippen LogP contribution in [-0.4, -0.2) is 36.3 Å². The lowest BCUT2D eigenvalue weighted by atomic mass is 9.88. The van der Waals surface area contributed by atoms with Gasteiger partial charge in [0.1, 0.15) is 5.82 Å². The molecule has 1 aliphatic rings. The van der Waals surface area contributed by atoms with E-state index in [-0.39, 0.29) is 23.6 Å². The maximum atomic E-state index is 13.0. The number of benzene rings is 1. The molecule has 0 unspecified atom stereocenters. The maximum Gasteiger partial charge on any atom is 0.266 e. The molecule has 3 amide bonds. The van der Waals surface area contributed by atoms with Crippen LogP contribution in [0.5, 0.6) is 0 Å². The topological polar surface area (TPSA) is 94.3 Å². The van der Waals surface area contributed by atoms with Crippen molar-refractivity contribution in [1.29, 1.82) is 0 Å². The van der Waals surface area contributed by atoms with E-state index in [1.165, 1.54) is 17.8 Å². The van der Waals surface area contributed by atoms with Gasteiger partial charge in [-0.2, -0.15) is 0 Å². The molecule has 1 aliphatic carbocycles. The Balaban J connectivity index is 1.66. The van der Waals surface area contributed by atoms with Crippen molar-refractivity contribution in [2.75, 3.05) is 23.8 Å². The van der Waals surface area contributed by atoms with E-state index in [2.05, 4.69) is 15.6 Å². The summed E-state index contributed by atoms with van der Waals surface area (Å²) in [4.78, 5) is 44.1. The van der Waals surface area contributed by atoms with Crippen molar-refractivity contribution in [2.24, 2.45) is 5.92 Å². The van der Waals surface area contributed by atoms with Crippen LogP contribution in [0.15, 0.2) is 35.7 Å². The van der Waals surface area contributed by atoms with Crippen molar-refractivity contribution >= 4 is 51.5 Å². The van der Waals surface area contributed by atoms with E-state index < -0.39 is 0 Å². The van der Waals surface area contributed by atoms with Gasteiger partial charge in [0.2, 0.25) is 5.91 Å². The molecule has 2 aromatic heterocycles. The summed E-state index contributed by atoms with van der Waals surface area (Å²) in [5, 5.41) is 8.29. The molecule has 0 bridgehead atoms. The average molecular weight is 467 g/mol. The number of nitrogens with zero attached hydrogens (tertiary/aromatic N) is 1. The smallest absolute Gasteiger partial charge is 0.266 e. The SMILES string of the molecule is CCCNC(=O)c1c(NC(=O)c2cccs2)[nH]c2cc(N(C)C(=O)C3CCCCC3)ccc12. The van der Waals surface area contributed by atoms with E-state index in [0.29, 0.717) is 33.7 Å². The number of hydrogen-bond acceptors (Lipinski definition) is 4. The Morgan fingerprint density at radius 1 is 1.12 bits per heavy atom. The minimum absolute atomic E-state index is 0.0686. The van der Waals surface area contributed by atoms with Crippen molar-refractivity contribution in [3.8, 4) is 0 Å². The highest BCUT2D eigenvalue weighted by Gasteiger charge is 2.26. The van der Waals surface area contributed by atoms with Crippen molar-refractivity contribution in [3.05, 3.63) is 46.2 Å². The summed E-state index contributed by atoms with van der Waals surface area (Å²) >= 11 is 1.34. The minimum Gasteiger partial charge on any atom is -0.352 e. The van der Waals surface area contributed by atoms with Gasteiger partial charge >= 0.3 is 0 Å². The molecule has 2 heterocycles. The van der Waals surface area contributed by atoms with Crippen LogP contribution < -0.4 is 15.5 Å². The highest BCUT2D eigenvalue weighted by Crippen LogP contribution is 2.32. The van der Waals surface area contributed by atoms with Crippen LogP contribution in [0.4, 0.5) is 11.5 Å². The lowest BCUT2D eigenvalue weighted by Gasteiger charge is -2.26. The van der Waals surface area contributed by atoms with Gasteiger partial charge in [-0.3, -0.25) is 14.4 Å². The predicted molar refractivity (Wildman–Crippen MR) is 133 cm³/mol. The number of thiophene rings is 1. The Kier molecular flexibility index (Phi) is 7.13. The third-order valence-corrected chi connectivity index (χ3v) is 7.07. The zero-order valence-corrected chi connectivity index (χ0v) is 19.9. The highest BCUT2D eigenvalue weighted by atomic mass is 32.1. The first-order valence-electron chi connectivity index (χ1n) is 11.6. The van der Waals surface area contributed by atoms with Gasteiger partial charge in [0.25, 0.3) is 11.8 Å². The molecule has 4 rings (SSSR count).